The number of hydrogen-bond donors (Lipinski definition) is 2. The lowest BCUT2D eigenvalue weighted by atomic mass is 9.98. The van der Waals surface area contributed by atoms with E-state index in [1.54, 1.807) is 39.0 Å². The van der Waals surface area contributed by atoms with E-state index in [0.717, 1.165) is 11.1 Å². The van der Waals surface area contributed by atoms with Crippen LogP contribution < -0.4 is 10.6 Å². The van der Waals surface area contributed by atoms with Gasteiger partial charge in [0.2, 0.25) is 5.91 Å². The van der Waals surface area contributed by atoms with Gasteiger partial charge in [-0.25, -0.2) is 4.79 Å². The molecule has 0 radical (unpaired) electrons. The third-order valence-corrected chi connectivity index (χ3v) is 5.54. The summed E-state index contributed by atoms with van der Waals surface area (Å²) in [6, 6.07) is 14.5. The Balaban J connectivity index is 2.51. The molecule has 0 heterocycles. The number of nitrogens with one attached hydrogen (secondary N) is 2. The summed E-state index contributed by atoms with van der Waals surface area (Å²) in [7, 11) is 0. The Bertz CT molecular complexity index is 1150. The molecule has 2 aromatic rings. The molecule has 2 aromatic carbocycles. The van der Waals surface area contributed by atoms with Crippen LogP contribution in [0.4, 0.5) is 10.5 Å². The minimum atomic E-state index is -1.10. The Labute approximate surface area is 220 Å². The molecule has 198 valence electrons. The summed E-state index contributed by atoms with van der Waals surface area (Å²) in [6.45, 7) is 12.5. The Morgan fingerprint density at radius 2 is 1.73 bits per heavy atom. The van der Waals surface area contributed by atoms with Gasteiger partial charge in [-0.3, -0.25) is 9.59 Å². The number of benzene rings is 2. The van der Waals surface area contributed by atoms with Crippen LogP contribution in [-0.2, 0) is 14.3 Å². The molecule has 0 fully saturated rings. The van der Waals surface area contributed by atoms with Crippen molar-refractivity contribution < 1.29 is 19.1 Å². The summed E-state index contributed by atoms with van der Waals surface area (Å²) in [6.07, 6.45) is -0.431. The van der Waals surface area contributed by atoms with Crippen LogP contribution in [0.15, 0.2) is 48.5 Å². The minimum Gasteiger partial charge on any atom is -0.444 e. The molecule has 2 unspecified atom stereocenters. The molecule has 2 atom stereocenters. The fourth-order valence-corrected chi connectivity index (χ4v) is 3.94. The number of amides is 3. The van der Waals surface area contributed by atoms with Crippen LogP contribution in [0.5, 0.6) is 0 Å². The highest BCUT2D eigenvalue weighted by atomic mass is 16.6. The molecular weight excluding hydrogens is 468 g/mol. The Hall–Kier alpha value is -3.86. The van der Waals surface area contributed by atoms with Gasteiger partial charge in [0.05, 0.1) is 6.07 Å². The molecular formula is C29H38N4O4. The quantitative estimate of drug-likeness (QED) is 0.450. The number of alkyl carbamates (subject to hydrolysis) is 1. The molecule has 0 saturated heterocycles. The second-order valence-electron chi connectivity index (χ2n) is 10.6. The van der Waals surface area contributed by atoms with E-state index in [1.165, 1.54) is 4.90 Å². The van der Waals surface area contributed by atoms with Crippen molar-refractivity contribution in [2.24, 2.45) is 5.92 Å². The number of nitrogens with zero attached hydrogens (tertiary/aromatic N) is 2. The highest BCUT2D eigenvalue weighted by molar-refractivity contribution is 5.99. The normalized spacial score (nSPS) is 12.7. The molecule has 0 aliphatic carbocycles. The van der Waals surface area contributed by atoms with E-state index in [9.17, 15) is 19.6 Å². The number of ether oxygens (including phenoxy) is 1. The van der Waals surface area contributed by atoms with Gasteiger partial charge in [0, 0.05) is 5.69 Å². The largest absolute Gasteiger partial charge is 0.444 e. The van der Waals surface area contributed by atoms with Crippen LogP contribution in [0.3, 0.4) is 0 Å². The van der Waals surface area contributed by atoms with Crippen molar-refractivity contribution in [3.8, 4) is 6.07 Å². The second kappa shape index (κ2) is 12.9. The lowest BCUT2D eigenvalue weighted by Crippen LogP contribution is -2.53. The van der Waals surface area contributed by atoms with E-state index >= 15 is 0 Å². The zero-order valence-corrected chi connectivity index (χ0v) is 22.8. The Kier molecular flexibility index (Phi) is 10.2. The average Bonchev–Trinajstić information content (AvgIpc) is 2.78. The smallest absolute Gasteiger partial charge is 0.408 e. The highest BCUT2D eigenvalue weighted by Gasteiger charge is 2.36. The number of carbonyl (C=O) groups excluding carboxylic acids is 3. The van der Waals surface area contributed by atoms with Gasteiger partial charge < -0.3 is 20.3 Å². The summed E-state index contributed by atoms with van der Waals surface area (Å²) < 4.78 is 5.38. The first-order chi connectivity index (χ1) is 17.3. The number of hydrogen-bond acceptors (Lipinski definition) is 5. The van der Waals surface area contributed by atoms with Gasteiger partial charge in [-0.2, -0.15) is 5.26 Å². The van der Waals surface area contributed by atoms with Crippen LogP contribution in [0.1, 0.15) is 63.8 Å². The molecule has 8 nitrogen and oxygen atoms in total. The fraction of sp³-hybridized carbons (Fsp3) is 0.448. The zero-order valence-electron chi connectivity index (χ0n) is 22.8. The van der Waals surface area contributed by atoms with Gasteiger partial charge in [-0.05, 0) is 64.2 Å². The summed E-state index contributed by atoms with van der Waals surface area (Å²) >= 11 is 0. The standard InChI is InChI=1S/C29H38N4O4/c1-19(2)17-24(32-28(36)37-29(5,6)7)27(35)33(16-15-30)25(22-13-10-11-20(3)18-22)26(34)31-23-14-9-8-12-21(23)4/h8-14,18-19,24-25H,16-17H2,1-7H3,(H,31,34)(H,32,36). The Morgan fingerprint density at radius 1 is 1.05 bits per heavy atom. The molecule has 2 rings (SSSR count). The third-order valence-electron chi connectivity index (χ3n) is 5.54. The van der Waals surface area contributed by atoms with E-state index in [2.05, 4.69) is 10.6 Å². The third kappa shape index (κ3) is 8.94. The number of anilines is 1. The summed E-state index contributed by atoms with van der Waals surface area (Å²) in [5, 5.41) is 15.2. The number of para-hydroxylation sites is 1. The van der Waals surface area contributed by atoms with Crippen LogP contribution in [0.25, 0.3) is 0 Å². The van der Waals surface area contributed by atoms with Crippen molar-refractivity contribution in [1.82, 2.24) is 10.2 Å². The van der Waals surface area contributed by atoms with Crippen LogP contribution >= 0.6 is 0 Å². The highest BCUT2D eigenvalue weighted by Crippen LogP contribution is 2.26. The van der Waals surface area contributed by atoms with Gasteiger partial charge in [0.15, 0.2) is 0 Å². The van der Waals surface area contributed by atoms with Crippen molar-refractivity contribution in [3.63, 3.8) is 0 Å². The summed E-state index contributed by atoms with van der Waals surface area (Å²) in [5.41, 5.74) is 2.19. The summed E-state index contributed by atoms with van der Waals surface area (Å²) in [5.74, 6) is -0.942. The van der Waals surface area contributed by atoms with E-state index in [1.807, 2.05) is 64.1 Å². The lowest BCUT2D eigenvalue weighted by molar-refractivity contribution is -0.140. The SMILES string of the molecule is Cc1cccc(C(C(=O)Nc2ccccc2C)N(CC#N)C(=O)C(CC(C)C)NC(=O)OC(C)(C)C)c1. The van der Waals surface area contributed by atoms with Crippen molar-refractivity contribution >= 4 is 23.6 Å². The molecule has 0 aromatic heterocycles. The number of rotatable bonds is 9. The van der Waals surface area contributed by atoms with Gasteiger partial charge in [-0.15, -0.1) is 0 Å². The van der Waals surface area contributed by atoms with Crippen molar-refractivity contribution in [3.05, 3.63) is 65.2 Å². The number of aryl methyl sites for hydroxylation is 2. The van der Waals surface area contributed by atoms with Gasteiger partial charge in [-0.1, -0.05) is 61.9 Å². The van der Waals surface area contributed by atoms with E-state index in [-0.39, 0.29) is 12.5 Å². The monoisotopic (exact) mass is 506 g/mol. The Morgan fingerprint density at radius 3 is 2.30 bits per heavy atom. The number of nitriles is 1. The topological polar surface area (TPSA) is 112 Å². The molecule has 0 spiro atoms. The predicted molar refractivity (Wildman–Crippen MR) is 144 cm³/mol. The molecule has 37 heavy (non-hydrogen) atoms. The van der Waals surface area contributed by atoms with E-state index in [0.29, 0.717) is 17.7 Å². The fourth-order valence-electron chi connectivity index (χ4n) is 3.94. The van der Waals surface area contributed by atoms with Gasteiger partial charge in [0.25, 0.3) is 5.91 Å². The first-order valence-electron chi connectivity index (χ1n) is 12.4. The molecule has 0 aliphatic rings. The van der Waals surface area contributed by atoms with Crippen LogP contribution in [0.2, 0.25) is 0 Å². The maximum atomic E-state index is 13.9. The van der Waals surface area contributed by atoms with Crippen molar-refractivity contribution in [2.75, 3.05) is 11.9 Å². The van der Waals surface area contributed by atoms with Gasteiger partial charge >= 0.3 is 6.09 Å². The van der Waals surface area contributed by atoms with Crippen molar-refractivity contribution in [2.45, 2.75) is 72.6 Å². The molecule has 8 heteroatoms. The maximum absolute atomic E-state index is 13.9. The average molecular weight is 507 g/mol. The van der Waals surface area contributed by atoms with Crippen molar-refractivity contribution in [1.29, 1.82) is 5.26 Å². The zero-order chi connectivity index (χ0) is 27.8. The van der Waals surface area contributed by atoms with E-state index < -0.39 is 35.6 Å². The predicted octanol–water partition coefficient (Wildman–Crippen LogP) is 5.27. The second-order valence-corrected chi connectivity index (χ2v) is 10.6. The van der Waals surface area contributed by atoms with Crippen LogP contribution in [-0.4, -0.2) is 41.0 Å². The van der Waals surface area contributed by atoms with E-state index in [4.69, 9.17) is 4.74 Å². The molecule has 3 amide bonds. The molecule has 0 aliphatic heterocycles. The molecule has 0 bridgehead atoms. The molecule has 2 N–H and O–H groups in total. The molecule has 0 saturated carbocycles. The first kappa shape index (κ1) is 29.4. The van der Waals surface area contributed by atoms with Gasteiger partial charge in [0.1, 0.15) is 24.2 Å². The lowest BCUT2D eigenvalue weighted by Gasteiger charge is -2.33. The first-order valence-corrected chi connectivity index (χ1v) is 12.4. The number of carbonyl (C=O) groups is 3. The summed E-state index contributed by atoms with van der Waals surface area (Å²) in [4.78, 5) is 41.5. The maximum Gasteiger partial charge on any atom is 0.408 e. The minimum absolute atomic E-state index is 0.0473. The van der Waals surface area contributed by atoms with Crippen LogP contribution in [0, 0.1) is 31.1 Å².